The first-order chi connectivity index (χ1) is 17.1. The quantitative estimate of drug-likeness (QED) is 0.454. The molecule has 8 nitrogen and oxygen atoms in total. The third-order valence-corrected chi connectivity index (χ3v) is 6.56. The first kappa shape index (κ1) is 21.5. The van der Waals surface area contributed by atoms with Gasteiger partial charge in [0.1, 0.15) is 5.82 Å². The number of H-pyrrole nitrogens is 1. The van der Waals surface area contributed by atoms with Gasteiger partial charge in [-0.1, -0.05) is 12.1 Å². The highest BCUT2D eigenvalue weighted by molar-refractivity contribution is 6.23. The molecule has 0 radical (unpaired) electrons. The Morgan fingerprint density at radius 3 is 2.66 bits per heavy atom. The van der Waals surface area contributed by atoms with Crippen molar-refractivity contribution in [2.75, 3.05) is 33.1 Å². The molecule has 4 aromatic rings. The van der Waals surface area contributed by atoms with Crippen LogP contribution in [0.3, 0.4) is 0 Å². The van der Waals surface area contributed by atoms with E-state index >= 15 is 0 Å². The Balaban J connectivity index is 1.45. The van der Waals surface area contributed by atoms with Crippen LogP contribution in [-0.4, -0.2) is 58.4 Å². The second-order valence-electron chi connectivity index (χ2n) is 8.76. The molecular weight excluding hydrogens is 444 g/mol. The zero-order valence-corrected chi connectivity index (χ0v) is 19.7. The van der Waals surface area contributed by atoms with E-state index < -0.39 is 0 Å². The molecule has 1 amide bonds. The molecule has 2 aromatic carbocycles. The summed E-state index contributed by atoms with van der Waals surface area (Å²) in [4.78, 5) is 23.6. The highest BCUT2D eigenvalue weighted by atomic mass is 16.7. The Labute approximate surface area is 202 Å². The van der Waals surface area contributed by atoms with Crippen molar-refractivity contribution in [2.24, 2.45) is 0 Å². The number of rotatable bonds is 4. The topological polar surface area (TPSA) is 81.6 Å². The number of imidazole rings is 1. The molecule has 1 fully saturated rings. The van der Waals surface area contributed by atoms with Gasteiger partial charge in [0.25, 0.3) is 5.91 Å². The lowest BCUT2D eigenvalue weighted by Gasteiger charge is -2.27. The molecular formula is C27H26N4O4. The first-order valence-electron chi connectivity index (χ1n) is 11.7. The van der Waals surface area contributed by atoms with Crippen LogP contribution in [0, 0.1) is 13.8 Å². The maximum Gasteiger partial charge on any atom is 0.257 e. The van der Waals surface area contributed by atoms with E-state index in [2.05, 4.69) is 29.5 Å². The SMILES string of the molecule is Cc1cc(/C=C(/C(=O)N2CCOCC2)c2nc3ccccc3[nH]2)c(C)n1-c1ccc2c(c1)OCO2. The molecule has 178 valence electrons. The number of fused-ring (bicyclic) bond motifs is 2. The normalized spacial score (nSPS) is 15.7. The summed E-state index contributed by atoms with van der Waals surface area (Å²) in [5.41, 5.74) is 6.27. The van der Waals surface area contributed by atoms with Crippen molar-refractivity contribution in [3.05, 3.63) is 71.3 Å². The minimum Gasteiger partial charge on any atom is -0.454 e. The minimum absolute atomic E-state index is 0.0553. The fourth-order valence-electron chi connectivity index (χ4n) is 4.76. The summed E-state index contributed by atoms with van der Waals surface area (Å²) in [6.07, 6.45) is 1.95. The first-order valence-corrected chi connectivity index (χ1v) is 11.7. The van der Waals surface area contributed by atoms with Crippen molar-refractivity contribution in [1.29, 1.82) is 0 Å². The van der Waals surface area contributed by atoms with Gasteiger partial charge in [0.15, 0.2) is 11.5 Å². The number of carbonyl (C=O) groups is 1. The molecule has 0 bridgehead atoms. The smallest absolute Gasteiger partial charge is 0.257 e. The van der Waals surface area contributed by atoms with Crippen LogP contribution in [0.25, 0.3) is 28.4 Å². The van der Waals surface area contributed by atoms with E-state index in [0.717, 1.165) is 45.2 Å². The van der Waals surface area contributed by atoms with Crippen LogP contribution in [-0.2, 0) is 9.53 Å². The summed E-state index contributed by atoms with van der Waals surface area (Å²) < 4.78 is 18.7. The second kappa shape index (κ2) is 8.63. The molecule has 0 spiro atoms. The predicted octanol–water partition coefficient (Wildman–Crippen LogP) is 4.10. The standard InChI is InChI=1S/C27H26N4O4/c1-17-13-19(18(2)31(17)20-7-8-24-25(15-20)35-16-34-24)14-21(27(32)30-9-11-33-12-10-30)26-28-22-5-3-4-6-23(22)29-26/h3-8,13-15H,9-12,16H2,1-2H3,(H,28,29)/b21-14+. The van der Waals surface area contributed by atoms with Crippen LogP contribution in [0.2, 0.25) is 0 Å². The Hall–Kier alpha value is -4.04. The summed E-state index contributed by atoms with van der Waals surface area (Å²) >= 11 is 0. The number of para-hydroxylation sites is 2. The number of morpholine rings is 1. The maximum atomic E-state index is 13.7. The second-order valence-corrected chi connectivity index (χ2v) is 8.76. The van der Waals surface area contributed by atoms with E-state index in [4.69, 9.17) is 19.2 Å². The summed E-state index contributed by atoms with van der Waals surface area (Å²) in [6, 6.07) is 15.8. The number of hydrogen-bond donors (Lipinski definition) is 1. The lowest BCUT2D eigenvalue weighted by atomic mass is 10.1. The van der Waals surface area contributed by atoms with Crippen LogP contribution in [0.1, 0.15) is 22.8 Å². The maximum absolute atomic E-state index is 13.7. The van der Waals surface area contributed by atoms with Crippen molar-refractivity contribution in [3.8, 4) is 17.2 Å². The van der Waals surface area contributed by atoms with E-state index in [1.165, 1.54) is 0 Å². The number of aromatic amines is 1. The number of nitrogens with zero attached hydrogens (tertiary/aromatic N) is 3. The summed E-state index contributed by atoms with van der Waals surface area (Å²) in [7, 11) is 0. The average Bonchev–Trinajstić information content (AvgIpc) is 3.59. The van der Waals surface area contributed by atoms with Gasteiger partial charge in [-0.05, 0) is 55.8 Å². The zero-order valence-electron chi connectivity index (χ0n) is 19.7. The van der Waals surface area contributed by atoms with Crippen molar-refractivity contribution < 1.29 is 19.0 Å². The Morgan fingerprint density at radius 2 is 1.83 bits per heavy atom. The third-order valence-electron chi connectivity index (χ3n) is 6.56. The van der Waals surface area contributed by atoms with Crippen LogP contribution >= 0.6 is 0 Å². The molecule has 2 aromatic heterocycles. The number of aryl methyl sites for hydroxylation is 1. The highest BCUT2D eigenvalue weighted by Gasteiger charge is 2.25. The van der Waals surface area contributed by atoms with Gasteiger partial charge in [-0.25, -0.2) is 4.98 Å². The van der Waals surface area contributed by atoms with Crippen LogP contribution < -0.4 is 9.47 Å². The summed E-state index contributed by atoms with van der Waals surface area (Å²) in [6.45, 7) is 6.55. The number of hydrogen-bond acceptors (Lipinski definition) is 5. The van der Waals surface area contributed by atoms with Crippen molar-refractivity contribution in [2.45, 2.75) is 13.8 Å². The van der Waals surface area contributed by atoms with E-state index in [0.29, 0.717) is 37.7 Å². The number of amides is 1. The van der Waals surface area contributed by atoms with E-state index in [-0.39, 0.29) is 12.7 Å². The van der Waals surface area contributed by atoms with Crippen molar-refractivity contribution >= 4 is 28.6 Å². The van der Waals surface area contributed by atoms with Gasteiger partial charge in [0, 0.05) is 36.2 Å². The van der Waals surface area contributed by atoms with Gasteiger partial charge in [0.05, 0.1) is 29.8 Å². The van der Waals surface area contributed by atoms with Gasteiger partial charge < -0.3 is 28.7 Å². The zero-order chi connectivity index (χ0) is 23.9. The molecule has 0 aliphatic carbocycles. The fraction of sp³-hybridized carbons (Fsp3) is 0.259. The summed E-state index contributed by atoms with van der Waals surface area (Å²) in [5, 5.41) is 0. The Kier molecular flexibility index (Phi) is 5.30. The molecule has 0 atom stereocenters. The number of benzene rings is 2. The Bertz CT molecular complexity index is 1430. The highest BCUT2D eigenvalue weighted by Crippen LogP contribution is 2.35. The van der Waals surface area contributed by atoms with Gasteiger partial charge >= 0.3 is 0 Å². The predicted molar refractivity (Wildman–Crippen MR) is 133 cm³/mol. The Morgan fingerprint density at radius 1 is 1.03 bits per heavy atom. The van der Waals surface area contributed by atoms with Gasteiger partial charge in [-0.3, -0.25) is 4.79 Å². The minimum atomic E-state index is -0.0553. The molecule has 0 saturated carbocycles. The van der Waals surface area contributed by atoms with E-state index in [1.807, 2.05) is 53.4 Å². The lowest BCUT2D eigenvalue weighted by Crippen LogP contribution is -2.41. The summed E-state index contributed by atoms with van der Waals surface area (Å²) in [5.74, 6) is 1.99. The van der Waals surface area contributed by atoms with Crippen LogP contribution in [0.15, 0.2) is 48.5 Å². The third kappa shape index (κ3) is 3.85. The monoisotopic (exact) mass is 470 g/mol. The molecule has 4 heterocycles. The molecule has 2 aliphatic rings. The number of aromatic nitrogens is 3. The van der Waals surface area contributed by atoms with Crippen LogP contribution in [0.5, 0.6) is 11.5 Å². The lowest BCUT2D eigenvalue weighted by molar-refractivity contribution is -0.128. The average molecular weight is 471 g/mol. The molecule has 0 unspecified atom stereocenters. The molecule has 1 saturated heterocycles. The molecule has 6 rings (SSSR count). The molecule has 2 aliphatic heterocycles. The van der Waals surface area contributed by atoms with E-state index in [9.17, 15) is 4.79 Å². The van der Waals surface area contributed by atoms with Gasteiger partial charge in [-0.15, -0.1) is 0 Å². The molecule has 8 heteroatoms. The van der Waals surface area contributed by atoms with Crippen molar-refractivity contribution in [1.82, 2.24) is 19.4 Å². The van der Waals surface area contributed by atoms with Gasteiger partial charge in [-0.2, -0.15) is 0 Å². The van der Waals surface area contributed by atoms with Crippen LogP contribution in [0.4, 0.5) is 0 Å². The number of carbonyl (C=O) groups excluding carboxylic acids is 1. The number of ether oxygens (including phenoxy) is 3. The molecule has 1 N–H and O–H groups in total. The van der Waals surface area contributed by atoms with Gasteiger partial charge in [0.2, 0.25) is 6.79 Å². The van der Waals surface area contributed by atoms with E-state index in [1.54, 1.807) is 0 Å². The molecule has 35 heavy (non-hydrogen) atoms. The van der Waals surface area contributed by atoms with Crippen molar-refractivity contribution in [3.63, 3.8) is 0 Å². The largest absolute Gasteiger partial charge is 0.454 e. The fourth-order valence-corrected chi connectivity index (χ4v) is 4.76. The number of nitrogens with one attached hydrogen (secondary N) is 1.